The van der Waals surface area contributed by atoms with Gasteiger partial charge >= 0.3 is 0 Å². The summed E-state index contributed by atoms with van der Waals surface area (Å²) < 4.78 is 32.8. The van der Waals surface area contributed by atoms with Crippen molar-refractivity contribution < 1.29 is 17.9 Å². The molecular formula is C27H29N3O4S2. The Balaban J connectivity index is 1.37. The molecule has 1 unspecified atom stereocenters. The average molecular weight is 524 g/mol. The van der Waals surface area contributed by atoms with Crippen molar-refractivity contribution in [1.29, 1.82) is 0 Å². The van der Waals surface area contributed by atoms with Crippen LogP contribution in [0.1, 0.15) is 24.1 Å². The third-order valence-electron chi connectivity index (χ3n) is 5.91. The predicted octanol–water partition coefficient (Wildman–Crippen LogP) is 4.89. The maximum Gasteiger partial charge on any atom is 0.266 e. The fourth-order valence-electron chi connectivity index (χ4n) is 3.69. The lowest BCUT2D eigenvalue weighted by atomic mass is 10.1. The molecule has 0 saturated carbocycles. The van der Waals surface area contributed by atoms with E-state index in [4.69, 9.17) is 9.73 Å². The van der Waals surface area contributed by atoms with Gasteiger partial charge in [0.05, 0.1) is 16.6 Å². The molecule has 1 aliphatic heterocycles. The van der Waals surface area contributed by atoms with Gasteiger partial charge in [0.1, 0.15) is 5.75 Å². The van der Waals surface area contributed by atoms with E-state index in [2.05, 4.69) is 0 Å². The highest BCUT2D eigenvalue weighted by Gasteiger charge is 2.27. The van der Waals surface area contributed by atoms with E-state index in [1.54, 1.807) is 65.2 Å². The number of carbonyl (C=O) groups excluding carboxylic acids is 1. The van der Waals surface area contributed by atoms with E-state index in [0.717, 1.165) is 16.9 Å². The minimum Gasteiger partial charge on any atom is -0.484 e. The van der Waals surface area contributed by atoms with Gasteiger partial charge < -0.3 is 4.74 Å². The number of carbonyl (C=O) groups is 1. The summed E-state index contributed by atoms with van der Waals surface area (Å²) in [7, 11) is -2.17. The fraction of sp³-hybridized carbons (Fsp3) is 0.259. The van der Waals surface area contributed by atoms with E-state index >= 15 is 0 Å². The minimum absolute atomic E-state index is 0.0521. The Hall–Kier alpha value is -3.30. The zero-order valence-corrected chi connectivity index (χ0v) is 22.1. The summed E-state index contributed by atoms with van der Waals surface area (Å²) >= 11 is 1.57. The molecule has 0 spiro atoms. The van der Waals surface area contributed by atoms with Crippen molar-refractivity contribution in [2.45, 2.75) is 24.8 Å². The molecule has 188 valence electrons. The summed E-state index contributed by atoms with van der Waals surface area (Å²) in [5.74, 6) is 1.11. The maximum absolute atomic E-state index is 12.9. The number of aliphatic imine (C=N–C) groups is 1. The largest absolute Gasteiger partial charge is 0.484 e. The Morgan fingerprint density at radius 1 is 1.06 bits per heavy atom. The van der Waals surface area contributed by atoms with Crippen molar-refractivity contribution >= 4 is 38.5 Å². The number of hydrogen-bond donors (Lipinski definition) is 0. The number of amidine groups is 1. The molecule has 1 saturated heterocycles. The van der Waals surface area contributed by atoms with E-state index < -0.39 is 10.0 Å². The molecule has 0 aromatic heterocycles. The van der Waals surface area contributed by atoms with Gasteiger partial charge in [-0.3, -0.25) is 19.0 Å². The Bertz CT molecular complexity index is 1330. The number of nitrogens with zero attached hydrogens (tertiary/aromatic N) is 3. The second-order valence-electron chi connectivity index (χ2n) is 8.46. The monoisotopic (exact) mass is 523 g/mol. The van der Waals surface area contributed by atoms with E-state index in [0.29, 0.717) is 23.1 Å². The third kappa shape index (κ3) is 5.91. The zero-order chi connectivity index (χ0) is 25.7. The molecule has 0 N–H and O–H groups in total. The first-order chi connectivity index (χ1) is 17.3. The van der Waals surface area contributed by atoms with Crippen LogP contribution >= 0.6 is 11.8 Å². The lowest BCUT2D eigenvalue weighted by molar-refractivity contribution is -0.129. The van der Waals surface area contributed by atoms with Crippen molar-refractivity contribution in [3.8, 4) is 5.75 Å². The van der Waals surface area contributed by atoms with Gasteiger partial charge in [0.25, 0.3) is 15.9 Å². The van der Waals surface area contributed by atoms with Crippen LogP contribution in [0.3, 0.4) is 0 Å². The van der Waals surface area contributed by atoms with Gasteiger partial charge in [-0.15, -0.1) is 0 Å². The van der Waals surface area contributed by atoms with Crippen LogP contribution in [0.15, 0.2) is 88.8 Å². The van der Waals surface area contributed by atoms with E-state index in [9.17, 15) is 13.2 Å². The SMILES string of the molecule is Cc1ccc(S(=O)(=O)N(C)c2ccc(OCC(=O)N3CCSC3=NC(C)c3ccccc3)cc2)cc1. The van der Waals surface area contributed by atoms with Gasteiger partial charge in [-0.05, 0) is 55.8 Å². The predicted molar refractivity (Wildman–Crippen MR) is 145 cm³/mol. The number of amides is 1. The van der Waals surface area contributed by atoms with Crippen molar-refractivity contribution in [1.82, 2.24) is 4.90 Å². The molecule has 1 amide bonds. The number of sulfonamides is 1. The summed E-state index contributed by atoms with van der Waals surface area (Å²) in [6.07, 6.45) is 0. The number of ether oxygens (including phenoxy) is 1. The standard InChI is InChI=1S/C27H29N3O4S2/c1-20-9-15-25(16-10-20)36(32,33)29(3)23-11-13-24(14-12-23)34-19-26(31)30-17-18-35-27(30)28-21(2)22-7-5-4-6-8-22/h4-16,21H,17-19H2,1-3H3. The summed E-state index contributed by atoms with van der Waals surface area (Å²) in [4.78, 5) is 19.5. The van der Waals surface area contributed by atoms with Crippen LogP contribution in [0.4, 0.5) is 5.69 Å². The first kappa shape index (κ1) is 25.8. The van der Waals surface area contributed by atoms with Gasteiger partial charge in [-0.25, -0.2) is 8.42 Å². The molecule has 0 bridgehead atoms. The Morgan fingerprint density at radius 3 is 2.39 bits per heavy atom. The van der Waals surface area contributed by atoms with Gasteiger partial charge in [-0.2, -0.15) is 0 Å². The molecule has 3 aromatic carbocycles. The molecule has 7 nitrogen and oxygen atoms in total. The minimum atomic E-state index is -3.68. The number of thioether (sulfide) groups is 1. The molecule has 1 aliphatic rings. The first-order valence-corrected chi connectivity index (χ1v) is 14.0. The summed E-state index contributed by atoms with van der Waals surface area (Å²) in [5, 5.41) is 0.707. The molecule has 1 heterocycles. The molecule has 0 aliphatic carbocycles. The number of benzene rings is 3. The number of hydrogen-bond acceptors (Lipinski definition) is 6. The summed E-state index contributed by atoms with van der Waals surface area (Å²) in [6, 6.07) is 23.3. The van der Waals surface area contributed by atoms with Crippen LogP contribution in [0, 0.1) is 6.92 Å². The zero-order valence-electron chi connectivity index (χ0n) is 20.5. The second kappa shape index (κ2) is 11.2. The normalized spacial score (nSPS) is 15.6. The fourth-order valence-corrected chi connectivity index (χ4v) is 5.93. The van der Waals surface area contributed by atoms with Gasteiger partial charge in [-0.1, -0.05) is 59.8 Å². The molecule has 0 radical (unpaired) electrons. The van der Waals surface area contributed by atoms with Crippen molar-refractivity contribution in [2.75, 3.05) is 30.3 Å². The molecule has 4 rings (SSSR count). The molecular weight excluding hydrogens is 494 g/mol. The molecule has 3 aromatic rings. The third-order valence-corrected chi connectivity index (χ3v) is 8.68. The molecule has 9 heteroatoms. The lowest BCUT2D eigenvalue weighted by Gasteiger charge is -2.20. The van der Waals surface area contributed by atoms with Crippen molar-refractivity contribution in [2.24, 2.45) is 4.99 Å². The molecule has 36 heavy (non-hydrogen) atoms. The van der Waals surface area contributed by atoms with E-state index in [-0.39, 0.29) is 23.5 Å². The van der Waals surface area contributed by atoms with Crippen LogP contribution in [0.25, 0.3) is 0 Å². The highest BCUT2D eigenvalue weighted by atomic mass is 32.2. The van der Waals surface area contributed by atoms with Crippen LogP contribution in [0.2, 0.25) is 0 Å². The lowest BCUT2D eigenvalue weighted by Crippen LogP contribution is -2.35. The van der Waals surface area contributed by atoms with Crippen LogP contribution in [-0.4, -0.2) is 50.3 Å². The van der Waals surface area contributed by atoms with Gasteiger partial charge in [0, 0.05) is 19.3 Å². The number of anilines is 1. The van der Waals surface area contributed by atoms with Crippen LogP contribution in [-0.2, 0) is 14.8 Å². The number of rotatable bonds is 8. The highest BCUT2D eigenvalue weighted by Crippen LogP contribution is 2.26. The second-order valence-corrected chi connectivity index (χ2v) is 11.5. The highest BCUT2D eigenvalue weighted by molar-refractivity contribution is 8.14. The maximum atomic E-state index is 12.9. The van der Waals surface area contributed by atoms with Crippen LogP contribution < -0.4 is 9.04 Å². The summed E-state index contributed by atoms with van der Waals surface area (Å²) in [5.41, 5.74) is 2.58. The van der Waals surface area contributed by atoms with E-state index in [1.165, 1.54) is 11.4 Å². The Labute approximate surface area is 216 Å². The Morgan fingerprint density at radius 2 is 1.72 bits per heavy atom. The van der Waals surface area contributed by atoms with Gasteiger partial charge in [0.15, 0.2) is 11.8 Å². The van der Waals surface area contributed by atoms with Gasteiger partial charge in [0.2, 0.25) is 0 Å². The number of aryl methyl sites for hydroxylation is 1. The average Bonchev–Trinajstić information content (AvgIpc) is 3.36. The summed E-state index contributed by atoms with van der Waals surface area (Å²) in [6.45, 7) is 4.38. The molecule has 1 atom stereocenters. The van der Waals surface area contributed by atoms with E-state index in [1.807, 2.05) is 44.2 Å². The molecule has 1 fully saturated rings. The first-order valence-electron chi connectivity index (χ1n) is 11.6. The topological polar surface area (TPSA) is 79.3 Å². The van der Waals surface area contributed by atoms with Crippen molar-refractivity contribution in [3.05, 3.63) is 90.0 Å². The Kier molecular flexibility index (Phi) is 8.01. The van der Waals surface area contributed by atoms with Crippen molar-refractivity contribution in [3.63, 3.8) is 0 Å². The quantitative estimate of drug-likeness (QED) is 0.420. The smallest absolute Gasteiger partial charge is 0.266 e. The van der Waals surface area contributed by atoms with Crippen LogP contribution in [0.5, 0.6) is 5.75 Å².